The van der Waals surface area contributed by atoms with Crippen LogP contribution < -0.4 is 10.6 Å². The molecule has 0 bridgehead atoms. The van der Waals surface area contributed by atoms with Crippen molar-refractivity contribution in [2.24, 2.45) is 5.73 Å². The number of carbonyl (C=O) groups excluding carboxylic acids is 1. The molecule has 1 aliphatic heterocycles. The fourth-order valence-electron chi connectivity index (χ4n) is 2.25. The number of rotatable bonds is 2. The van der Waals surface area contributed by atoms with Gasteiger partial charge in [0.05, 0.1) is 11.8 Å². The highest BCUT2D eigenvalue weighted by Crippen LogP contribution is 2.26. The summed E-state index contributed by atoms with van der Waals surface area (Å²) in [5.41, 5.74) is 9.12. The summed E-state index contributed by atoms with van der Waals surface area (Å²) in [4.78, 5) is 13.9. The van der Waals surface area contributed by atoms with Gasteiger partial charge >= 0.3 is 0 Å². The van der Waals surface area contributed by atoms with Crippen LogP contribution in [0, 0.1) is 13.8 Å². The first-order valence-electron chi connectivity index (χ1n) is 5.80. The molecule has 1 unspecified atom stereocenters. The van der Waals surface area contributed by atoms with E-state index in [1.165, 1.54) is 11.1 Å². The molecule has 17 heavy (non-hydrogen) atoms. The average Bonchev–Trinajstić information content (AvgIpc) is 2.27. The van der Waals surface area contributed by atoms with E-state index >= 15 is 0 Å². The van der Waals surface area contributed by atoms with E-state index in [2.05, 4.69) is 32.0 Å². The van der Waals surface area contributed by atoms with E-state index in [0.717, 1.165) is 11.4 Å². The Kier molecular flexibility index (Phi) is 3.74. The molecule has 1 heterocycles. The molecule has 1 aromatic carbocycles. The van der Waals surface area contributed by atoms with Crippen molar-refractivity contribution in [2.75, 3.05) is 23.0 Å². The highest BCUT2D eigenvalue weighted by Gasteiger charge is 2.28. The Labute approximate surface area is 106 Å². The summed E-state index contributed by atoms with van der Waals surface area (Å²) in [6.45, 7) is 4.62. The van der Waals surface area contributed by atoms with Gasteiger partial charge in [0.15, 0.2) is 0 Å². The van der Waals surface area contributed by atoms with E-state index in [-0.39, 0.29) is 11.9 Å². The number of hydrogen-bond donors (Lipinski definition) is 1. The molecule has 0 spiro atoms. The second kappa shape index (κ2) is 5.10. The van der Waals surface area contributed by atoms with Gasteiger partial charge in [-0.25, -0.2) is 0 Å². The van der Waals surface area contributed by atoms with Gasteiger partial charge in [-0.15, -0.1) is 11.8 Å². The predicted molar refractivity (Wildman–Crippen MR) is 73.6 cm³/mol. The summed E-state index contributed by atoms with van der Waals surface area (Å²) in [5.74, 6) is 1.65. The quantitative estimate of drug-likeness (QED) is 0.869. The summed E-state index contributed by atoms with van der Waals surface area (Å²) in [6.07, 6.45) is 0. The number of benzene rings is 1. The lowest BCUT2D eigenvalue weighted by Gasteiger charge is -2.35. The highest BCUT2D eigenvalue weighted by atomic mass is 32.2. The van der Waals surface area contributed by atoms with Crippen LogP contribution in [-0.2, 0) is 4.79 Å². The maximum atomic E-state index is 12.0. The van der Waals surface area contributed by atoms with Gasteiger partial charge < -0.3 is 10.6 Å². The molecule has 0 saturated carbocycles. The van der Waals surface area contributed by atoms with Crippen molar-refractivity contribution >= 4 is 23.4 Å². The third-order valence-electron chi connectivity index (χ3n) is 2.93. The van der Waals surface area contributed by atoms with Crippen molar-refractivity contribution in [2.45, 2.75) is 19.9 Å². The smallest absolute Gasteiger partial charge is 0.237 e. The van der Waals surface area contributed by atoms with Crippen LogP contribution in [0.15, 0.2) is 18.2 Å². The predicted octanol–water partition coefficient (Wildman–Crippen LogP) is 1.71. The number of amides is 1. The number of aryl methyl sites for hydroxylation is 2. The van der Waals surface area contributed by atoms with E-state index in [1.54, 1.807) is 11.8 Å². The Hall–Kier alpha value is -1.00. The summed E-state index contributed by atoms with van der Waals surface area (Å²) < 4.78 is 0. The number of nitrogens with two attached hydrogens (primary N) is 1. The molecule has 4 heteroatoms. The van der Waals surface area contributed by atoms with E-state index < -0.39 is 0 Å². The van der Waals surface area contributed by atoms with Gasteiger partial charge in [-0.3, -0.25) is 4.79 Å². The molecule has 2 N–H and O–H groups in total. The van der Waals surface area contributed by atoms with E-state index in [0.29, 0.717) is 12.3 Å². The van der Waals surface area contributed by atoms with Crippen LogP contribution in [0.1, 0.15) is 11.1 Å². The largest absolute Gasteiger partial charge is 0.328 e. The topological polar surface area (TPSA) is 46.3 Å². The first kappa shape index (κ1) is 12.5. The molecule has 92 valence electrons. The standard InChI is InChI=1S/C13H18N2OS/c1-9-3-10(2)5-11(4-9)15-12(6-14)7-17-8-13(15)16/h3-5,12H,6-8,14H2,1-2H3. The number of carbonyl (C=O) groups is 1. The Morgan fingerprint density at radius 3 is 2.59 bits per heavy atom. The second-order valence-corrected chi connectivity index (χ2v) is 5.54. The lowest BCUT2D eigenvalue weighted by atomic mass is 10.1. The van der Waals surface area contributed by atoms with Crippen LogP contribution in [-0.4, -0.2) is 30.0 Å². The highest BCUT2D eigenvalue weighted by molar-refractivity contribution is 8.00. The van der Waals surface area contributed by atoms with Crippen molar-refractivity contribution in [3.63, 3.8) is 0 Å². The minimum Gasteiger partial charge on any atom is -0.328 e. The van der Waals surface area contributed by atoms with Gasteiger partial charge in [-0.2, -0.15) is 0 Å². The van der Waals surface area contributed by atoms with Gasteiger partial charge in [-0.1, -0.05) is 6.07 Å². The van der Waals surface area contributed by atoms with E-state index in [1.807, 2.05) is 4.90 Å². The molecule has 3 nitrogen and oxygen atoms in total. The van der Waals surface area contributed by atoms with Crippen LogP contribution >= 0.6 is 11.8 Å². The van der Waals surface area contributed by atoms with Gasteiger partial charge in [0.25, 0.3) is 0 Å². The number of hydrogen-bond acceptors (Lipinski definition) is 3. The summed E-state index contributed by atoms with van der Waals surface area (Å²) in [5, 5.41) is 0. The van der Waals surface area contributed by atoms with Crippen LogP contribution in [0.5, 0.6) is 0 Å². The van der Waals surface area contributed by atoms with Gasteiger partial charge in [0, 0.05) is 18.0 Å². The maximum Gasteiger partial charge on any atom is 0.237 e. The van der Waals surface area contributed by atoms with E-state index in [9.17, 15) is 4.79 Å². The SMILES string of the molecule is Cc1cc(C)cc(N2C(=O)CSCC2CN)c1. The van der Waals surface area contributed by atoms with Crippen molar-refractivity contribution < 1.29 is 4.79 Å². The second-order valence-electron chi connectivity index (χ2n) is 4.51. The summed E-state index contributed by atoms with van der Waals surface area (Å²) in [7, 11) is 0. The molecule has 1 atom stereocenters. The molecule has 0 aliphatic carbocycles. The minimum absolute atomic E-state index is 0.127. The lowest BCUT2D eigenvalue weighted by molar-refractivity contribution is -0.116. The fourth-order valence-corrected chi connectivity index (χ4v) is 3.24. The zero-order valence-corrected chi connectivity index (χ0v) is 11.1. The molecule has 0 aromatic heterocycles. The molecule has 1 saturated heterocycles. The number of nitrogens with zero attached hydrogens (tertiary/aromatic N) is 1. The average molecular weight is 250 g/mol. The first-order chi connectivity index (χ1) is 8.11. The molecule has 1 aromatic rings. The number of anilines is 1. The first-order valence-corrected chi connectivity index (χ1v) is 6.95. The summed E-state index contributed by atoms with van der Waals surface area (Å²) in [6, 6.07) is 6.36. The van der Waals surface area contributed by atoms with Gasteiger partial charge in [0.1, 0.15) is 0 Å². The summed E-state index contributed by atoms with van der Waals surface area (Å²) >= 11 is 1.67. The van der Waals surface area contributed by atoms with Crippen molar-refractivity contribution in [3.05, 3.63) is 29.3 Å². The van der Waals surface area contributed by atoms with Crippen LogP contribution in [0.3, 0.4) is 0 Å². The lowest BCUT2D eigenvalue weighted by Crippen LogP contribution is -2.50. The van der Waals surface area contributed by atoms with Gasteiger partial charge in [-0.05, 0) is 37.1 Å². The molecule has 1 amide bonds. The minimum atomic E-state index is 0.127. The molecule has 2 rings (SSSR count). The normalized spacial score (nSPS) is 20.8. The van der Waals surface area contributed by atoms with Crippen LogP contribution in [0.2, 0.25) is 0 Å². The van der Waals surface area contributed by atoms with Crippen molar-refractivity contribution in [1.29, 1.82) is 0 Å². The molecule has 0 radical (unpaired) electrons. The molecule has 1 aliphatic rings. The Morgan fingerprint density at radius 1 is 1.35 bits per heavy atom. The zero-order valence-electron chi connectivity index (χ0n) is 10.3. The van der Waals surface area contributed by atoms with Crippen molar-refractivity contribution in [3.8, 4) is 0 Å². The van der Waals surface area contributed by atoms with Gasteiger partial charge in [0.2, 0.25) is 5.91 Å². The zero-order chi connectivity index (χ0) is 12.4. The Balaban J connectivity index is 2.37. The fraction of sp³-hybridized carbons (Fsp3) is 0.462. The molecular formula is C13H18N2OS. The molecular weight excluding hydrogens is 232 g/mol. The Bertz CT molecular complexity index is 413. The van der Waals surface area contributed by atoms with Crippen LogP contribution in [0.25, 0.3) is 0 Å². The maximum absolute atomic E-state index is 12.0. The number of thioether (sulfide) groups is 1. The van der Waals surface area contributed by atoms with Crippen LogP contribution in [0.4, 0.5) is 5.69 Å². The Morgan fingerprint density at radius 2 is 2.00 bits per heavy atom. The molecule has 1 fully saturated rings. The monoisotopic (exact) mass is 250 g/mol. The van der Waals surface area contributed by atoms with Crippen molar-refractivity contribution in [1.82, 2.24) is 0 Å². The third kappa shape index (κ3) is 2.64. The third-order valence-corrected chi connectivity index (χ3v) is 4.00. The van der Waals surface area contributed by atoms with E-state index in [4.69, 9.17) is 5.73 Å².